The molecule has 6 heteroatoms. The lowest BCUT2D eigenvalue weighted by Gasteiger charge is -2.10. The van der Waals surface area contributed by atoms with Gasteiger partial charge in [0, 0.05) is 11.5 Å². The van der Waals surface area contributed by atoms with Gasteiger partial charge < -0.3 is 10.1 Å². The van der Waals surface area contributed by atoms with Crippen LogP contribution in [0.15, 0.2) is 53.6 Å². The molecule has 0 fully saturated rings. The molecule has 0 atom stereocenters. The summed E-state index contributed by atoms with van der Waals surface area (Å²) >= 11 is 1.35. The predicted molar refractivity (Wildman–Crippen MR) is 103 cm³/mol. The SMILES string of the molecule is CCc1cc2ccc(OC)cc2nc1SCC(=O)Nc1ccccc1F. The summed E-state index contributed by atoms with van der Waals surface area (Å²) < 4.78 is 18.9. The van der Waals surface area contributed by atoms with Crippen molar-refractivity contribution in [1.29, 1.82) is 0 Å². The zero-order valence-corrected chi connectivity index (χ0v) is 15.4. The largest absolute Gasteiger partial charge is 0.497 e. The van der Waals surface area contributed by atoms with Crippen LogP contribution in [-0.2, 0) is 11.2 Å². The fourth-order valence-corrected chi connectivity index (χ4v) is 3.45. The number of ether oxygens (including phenoxy) is 1. The number of hydrogen-bond acceptors (Lipinski definition) is 4. The molecular formula is C20H19FN2O2S. The Hall–Kier alpha value is -2.60. The van der Waals surface area contributed by atoms with Crippen molar-refractivity contribution < 1.29 is 13.9 Å². The minimum absolute atomic E-state index is 0.157. The number of aryl methyl sites for hydroxylation is 1. The highest BCUT2D eigenvalue weighted by Crippen LogP contribution is 2.28. The summed E-state index contributed by atoms with van der Waals surface area (Å²) in [4.78, 5) is 16.8. The molecule has 0 bridgehead atoms. The lowest BCUT2D eigenvalue weighted by atomic mass is 10.1. The van der Waals surface area contributed by atoms with Gasteiger partial charge in [0.25, 0.3) is 0 Å². The van der Waals surface area contributed by atoms with E-state index < -0.39 is 5.82 Å². The number of aromatic nitrogens is 1. The highest BCUT2D eigenvalue weighted by Gasteiger charge is 2.11. The molecule has 0 aliphatic carbocycles. The van der Waals surface area contributed by atoms with Crippen molar-refractivity contribution in [2.45, 2.75) is 18.4 Å². The van der Waals surface area contributed by atoms with Crippen LogP contribution in [0.25, 0.3) is 10.9 Å². The molecule has 134 valence electrons. The zero-order chi connectivity index (χ0) is 18.5. The molecule has 1 aromatic heterocycles. The molecule has 0 spiro atoms. The average molecular weight is 370 g/mol. The molecule has 0 radical (unpaired) electrons. The molecule has 0 aliphatic heterocycles. The topological polar surface area (TPSA) is 51.2 Å². The van der Waals surface area contributed by atoms with Crippen LogP contribution < -0.4 is 10.1 Å². The number of pyridine rings is 1. The quantitative estimate of drug-likeness (QED) is 0.641. The Morgan fingerprint density at radius 2 is 2.04 bits per heavy atom. The van der Waals surface area contributed by atoms with Gasteiger partial charge in [-0.1, -0.05) is 30.8 Å². The van der Waals surface area contributed by atoms with Gasteiger partial charge in [-0.05, 0) is 42.3 Å². The van der Waals surface area contributed by atoms with Crippen molar-refractivity contribution in [2.75, 3.05) is 18.2 Å². The number of anilines is 1. The third-order valence-corrected chi connectivity index (χ3v) is 4.97. The summed E-state index contributed by atoms with van der Waals surface area (Å²) in [5, 5.41) is 4.42. The number of nitrogens with zero attached hydrogens (tertiary/aromatic N) is 1. The number of amides is 1. The third kappa shape index (κ3) is 4.14. The molecule has 0 unspecified atom stereocenters. The first-order valence-corrected chi connectivity index (χ1v) is 9.24. The van der Waals surface area contributed by atoms with Gasteiger partial charge in [-0.2, -0.15) is 0 Å². The number of carbonyl (C=O) groups is 1. The van der Waals surface area contributed by atoms with Crippen LogP contribution in [0.2, 0.25) is 0 Å². The molecule has 0 saturated carbocycles. The molecule has 1 amide bonds. The van der Waals surface area contributed by atoms with E-state index in [1.165, 1.54) is 23.9 Å². The molecule has 3 aromatic rings. The van der Waals surface area contributed by atoms with Crippen molar-refractivity contribution in [3.63, 3.8) is 0 Å². The number of benzene rings is 2. The van der Waals surface area contributed by atoms with Crippen LogP contribution >= 0.6 is 11.8 Å². The predicted octanol–water partition coefficient (Wildman–Crippen LogP) is 4.68. The monoisotopic (exact) mass is 370 g/mol. The standard InChI is InChI=1S/C20H19FN2O2S/c1-3-13-10-14-8-9-15(25-2)11-18(14)23-20(13)26-12-19(24)22-17-7-5-4-6-16(17)21/h4-11H,3,12H2,1-2H3,(H,22,24). The summed E-state index contributed by atoms with van der Waals surface area (Å²) in [5.74, 6) is 0.178. The summed E-state index contributed by atoms with van der Waals surface area (Å²) in [5.41, 5.74) is 2.08. The van der Waals surface area contributed by atoms with Gasteiger partial charge in [0.05, 0.1) is 24.1 Å². The molecule has 0 aliphatic rings. The van der Waals surface area contributed by atoms with E-state index in [0.29, 0.717) is 0 Å². The van der Waals surface area contributed by atoms with Crippen molar-refractivity contribution in [2.24, 2.45) is 0 Å². The summed E-state index contributed by atoms with van der Waals surface area (Å²) in [6.45, 7) is 2.05. The van der Waals surface area contributed by atoms with Gasteiger partial charge in [-0.25, -0.2) is 9.37 Å². The van der Waals surface area contributed by atoms with E-state index in [-0.39, 0.29) is 17.3 Å². The smallest absolute Gasteiger partial charge is 0.234 e. The van der Waals surface area contributed by atoms with E-state index in [4.69, 9.17) is 4.74 Å². The van der Waals surface area contributed by atoms with E-state index >= 15 is 0 Å². The number of rotatable bonds is 6. The lowest BCUT2D eigenvalue weighted by Crippen LogP contribution is -2.15. The first-order chi connectivity index (χ1) is 12.6. The Labute approximate surface area is 155 Å². The van der Waals surface area contributed by atoms with Crippen molar-refractivity contribution in [3.8, 4) is 5.75 Å². The van der Waals surface area contributed by atoms with E-state index in [1.54, 1.807) is 19.2 Å². The fourth-order valence-electron chi connectivity index (χ4n) is 2.56. The van der Waals surface area contributed by atoms with Crippen LogP contribution in [0.4, 0.5) is 10.1 Å². The summed E-state index contributed by atoms with van der Waals surface area (Å²) in [6.07, 6.45) is 0.812. The highest BCUT2D eigenvalue weighted by molar-refractivity contribution is 8.00. The second-order valence-corrected chi connectivity index (χ2v) is 6.65. The molecular weight excluding hydrogens is 351 g/mol. The fraction of sp³-hybridized carbons (Fsp3) is 0.200. The first-order valence-electron chi connectivity index (χ1n) is 8.25. The second-order valence-electron chi connectivity index (χ2n) is 5.68. The minimum Gasteiger partial charge on any atom is -0.497 e. The van der Waals surface area contributed by atoms with Crippen molar-refractivity contribution in [1.82, 2.24) is 4.98 Å². The molecule has 0 saturated heterocycles. The third-order valence-electron chi connectivity index (χ3n) is 3.93. The van der Waals surface area contributed by atoms with Gasteiger partial charge in [-0.3, -0.25) is 4.79 Å². The van der Waals surface area contributed by atoms with E-state index in [0.717, 1.165) is 33.7 Å². The molecule has 2 aromatic carbocycles. The van der Waals surface area contributed by atoms with Crippen LogP contribution in [0, 0.1) is 5.82 Å². The van der Waals surface area contributed by atoms with Crippen LogP contribution in [0.5, 0.6) is 5.75 Å². The number of methoxy groups -OCH3 is 1. The van der Waals surface area contributed by atoms with E-state index in [9.17, 15) is 9.18 Å². The Bertz CT molecular complexity index is 946. The highest BCUT2D eigenvalue weighted by atomic mass is 32.2. The Balaban J connectivity index is 1.76. The zero-order valence-electron chi connectivity index (χ0n) is 14.6. The van der Waals surface area contributed by atoms with Gasteiger partial charge in [0.1, 0.15) is 16.6 Å². The first kappa shape index (κ1) is 18.2. The normalized spacial score (nSPS) is 10.7. The van der Waals surface area contributed by atoms with Crippen LogP contribution in [-0.4, -0.2) is 23.8 Å². The maximum atomic E-state index is 13.6. The van der Waals surface area contributed by atoms with Gasteiger partial charge in [-0.15, -0.1) is 0 Å². The van der Waals surface area contributed by atoms with Crippen LogP contribution in [0.3, 0.4) is 0 Å². The molecule has 1 N–H and O–H groups in total. The number of nitrogens with one attached hydrogen (secondary N) is 1. The number of hydrogen-bond donors (Lipinski definition) is 1. The number of thioether (sulfide) groups is 1. The van der Waals surface area contributed by atoms with Crippen molar-refractivity contribution in [3.05, 3.63) is 59.9 Å². The summed E-state index contributed by atoms with van der Waals surface area (Å²) in [6, 6.07) is 13.9. The maximum Gasteiger partial charge on any atom is 0.234 e. The van der Waals surface area contributed by atoms with Crippen molar-refractivity contribution >= 4 is 34.3 Å². The Kier molecular flexibility index (Phi) is 5.73. The number of para-hydroxylation sites is 1. The van der Waals surface area contributed by atoms with Crippen LogP contribution in [0.1, 0.15) is 12.5 Å². The maximum absolute atomic E-state index is 13.6. The molecule has 1 heterocycles. The average Bonchev–Trinajstić information content (AvgIpc) is 2.66. The number of halogens is 1. The lowest BCUT2D eigenvalue weighted by molar-refractivity contribution is -0.113. The number of carbonyl (C=O) groups excluding carboxylic acids is 1. The molecule has 26 heavy (non-hydrogen) atoms. The van der Waals surface area contributed by atoms with Gasteiger partial charge in [0.15, 0.2) is 0 Å². The molecule has 4 nitrogen and oxygen atoms in total. The van der Waals surface area contributed by atoms with E-state index in [2.05, 4.69) is 23.3 Å². The molecule has 3 rings (SSSR count). The van der Waals surface area contributed by atoms with Gasteiger partial charge >= 0.3 is 0 Å². The Morgan fingerprint density at radius 1 is 1.23 bits per heavy atom. The second kappa shape index (κ2) is 8.19. The minimum atomic E-state index is -0.448. The number of fused-ring (bicyclic) bond motifs is 1. The van der Waals surface area contributed by atoms with Gasteiger partial charge in [0.2, 0.25) is 5.91 Å². The summed E-state index contributed by atoms with van der Waals surface area (Å²) in [7, 11) is 1.62. The van der Waals surface area contributed by atoms with E-state index in [1.807, 2.05) is 18.2 Å². The Morgan fingerprint density at radius 3 is 2.77 bits per heavy atom.